The topological polar surface area (TPSA) is 26.0 Å². The van der Waals surface area contributed by atoms with Gasteiger partial charge in [-0.2, -0.15) is 13.2 Å². The second kappa shape index (κ2) is 4.07. The number of rotatable bonds is 1. The molecule has 0 unspecified atom stereocenters. The summed E-state index contributed by atoms with van der Waals surface area (Å²) >= 11 is 1.34. The highest BCUT2D eigenvalue weighted by atomic mass is 32.1. The zero-order valence-corrected chi connectivity index (χ0v) is 9.82. The number of aryl methyl sites for hydroxylation is 1. The lowest BCUT2D eigenvalue weighted by atomic mass is 10.0. The van der Waals surface area contributed by atoms with Gasteiger partial charge in [0.05, 0.1) is 5.56 Å². The number of hydrogen-bond donors (Lipinski definition) is 1. The molecule has 0 aliphatic rings. The Balaban J connectivity index is 2.61. The van der Waals surface area contributed by atoms with Gasteiger partial charge in [0.15, 0.2) is 0 Å². The van der Waals surface area contributed by atoms with E-state index in [9.17, 15) is 13.2 Å². The lowest BCUT2D eigenvalue weighted by Crippen LogP contribution is -2.07. The van der Waals surface area contributed by atoms with Gasteiger partial charge in [0.25, 0.3) is 0 Å². The summed E-state index contributed by atoms with van der Waals surface area (Å²) in [7, 11) is 0. The van der Waals surface area contributed by atoms with Crippen molar-refractivity contribution in [1.82, 2.24) is 0 Å². The van der Waals surface area contributed by atoms with Crippen LogP contribution in [0.5, 0.6) is 0 Å². The Labute approximate surface area is 101 Å². The van der Waals surface area contributed by atoms with Crippen molar-refractivity contribution in [2.75, 3.05) is 5.73 Å². The molecule has 0 spiro atoms. The smallest absolute Gasteiger partial charge is 0.399 e. The molecule has 0 aliphatic heterocycles. The highest BCUT2D eigenvalue weighted by molar-refractivity contribution is 7.15. The van der Waals surface area contributed by atoms with Crippen molar-refractivity contribution >= 4 is 17.0 Å². The first kappa shape index (κ1) is 12.0. The van der Waals surface area contributed by atoms with Crippen molar-refractivity contribution in [1.29, 1.82) is 0 Å². The standard InChI is InChI=1S/C12H10F3NS/c1-7-2-5-11(17-7)9-4-3-8(16)6-10(9)12(13,14)15/h2-6H,16H2,1H3. The van der Waals surface area contributed by atoms with E-state index in [4.69, 9.17) is 5.73 Å². The Morgan fingerprint density at radius 2 is 1.82 bits per heavy atom. The average Bonchev–Trinajstić information content (AvgIpc) is 2.63. The van der Waals surface area contributed by atoms with Crippen LogP contribution in [0, 0.1) is 6.92 Å². The highest BCUT2D eigenvalue weighted by Crippen LogP contribution is 2.40. The van der Waals surface area contributed by atoms with Gasteiger partial charge in [-0.15, -0.1) is 11.3 Å². The Hall–Kier alpha value is -1.49. The number of nitrogens with two attached hydrogens (primary N) is 1. The van der Waals surface area contributed by atoms with Gasteiger partial charge in [-0.1, -0.05) is 6.07 Å². The van der Waals surface area contributed by atoms with Gasteiger partial charge in [-0.05, 0) is 31.2 Å². The Morgan fingerprint density at radius 1 is 1.12 bits per heavy atom. The second-order valence-electron chi connectivity index (χ2n) is 3.71. The third kappa shape index (κ3) is 2.44. The summed E-state index contributed by atoms with van der Waals surface area (Å²) in [6, 6.07) is 7.38. The SMILES string of the molecule is Cc1ccc(-c2ccc(N)cc2C(F)(F)F)s1. The molecule has 1 aromatic carbocycles. The molecule has 17 heavy (non-hydrogen) atoms. The third-order valence-electron chi connectivity index (χ3n) is 2.35. The third-order valence-corrected chi connectivity index (χ3v) is 3.39. The summed E-state index contributed by atoms with van der Waals surface area (Å²) < 4.78 is 38.6. The Morgan fingerprint density at radius 3 is 2.35 bits per heavy atom. The number of hydrogen-bond acceptors (Lipinski definition) is 2. The van der Waals surface area contributed by atoms with Crippen LogP contribution in [0.1, 0.15) is 10.4 Å². The van der Waals surface area contributed by atoms with Gasteiger partial charge in [-0.25, -0.2) is 0 Å². The lowest BCUT2D eigenvalue weighted by molar-refractivity contribution is -0.137. The molecule has 90 valence electrons. The molecule has 2 N–H and O–H groups in total. The van der Waals surface area contributed by atoms with E-state index in [1.165, 1.54) is 23.5 Å². The van der Waals surface area contributed by atoms with E-state index in [0.717, 1.165) is 10.9 Å². The molecule has 0 amide bonds. The fraction of sp³-hybridized carbons (Fsp3) is 0.167. The molecule has 0 saturated heterocycles. The fourth-order valence-electron chi connectivity index (χ4n) is 1.59. The molecule has 1 nitrogen and oxygen atoms in total. The molecular weight excluding hydrogens is 247 g/mol. The van der Waals surface area contributed by atoms with E-state index in [1.54, 1.807) is 12.1 Å². The molecule has 0 saturated carbocycles. The molecule has 0 radical (unpaired) electrons. The van der Waals surface area contributed by atoms with E-state index in [0.29, 0.717) is 4.88 Å². The minimum absolute atomic E-state index is 0.120. The number of halogens is 3. The van der Waals surface area contributed by atoms with Crippen molar-refractivity contribution in [2.45, 2.75) is 13.1 Å². The van der Waals surface area contributed by atoms with Crippen LogP contribution >= 0.6 is 11.3 Å². The number of benzene rings is 1. The molecule has 1 heterocycles. The van der Waals surface area contributed by atoms with Gasteiger partial charge >= 0.3 is 6.18 Å². The summed E-state index contributed by atoms with van der Waals surface area (Å²) in [6.45, 7) is 1.86. The van der Waals surface area contributed by atoms with Crippen molar-refractivity contribution in [3.8, 4) is 10.4 Å². The highest BCUT2D eigenvalue weighted by Gasteiger charge is 2.34. The van der Waals surface area contributed by atoms with Crippen molar-refractivity contribution < 1.29 is 13.2 Å². The average molecular weight is 257 g/mol. The van der Waals surface area contributed by atoms with Crippen LogP contribution in [-0.2, 0) is 6.18 Å². The largest absolute Gasteiger partial charge is 0.417 e. The monoisotopic (exact) mass is 257 g/mol. The first-order valence-electron chi connectivity index (χ1n) is 4.91. The summed E-state index contributed by atoms with van der Waals surface area (Å²) in [5.41, 5.74) is 5.03. The first-order valence-corrected chi connectivity index (χ1v) is 5.73. The lowest BCUT2D eigenvalue weighted by Gasteiger charge is -2.12. The first-order chi connectivity index (χ1) is 7.88. The summed E-state index contributed by atoms with van der Waals surface area (Å²) in [5.74, 6) is 0. The summed E-state index contributed by atoms with van der Waals surface area (Å²) in [6.07, 6.45) is -4.39. The maximum atomic E-state index is 12.9. The maximum Gasteiger partial charge on any atom is 0.417 e. The van der Waals surface area contributed by atoms with Gasteiger partial charge in [0.1, 0.15) is 0 Å². The van der Waals surface area contributed by atoms with Gasteiger partial charge < -0.3 is 5.73 Å². The molecule has 2 rings (SSSR count). The summed E-state index contributed by atoms with van der Waals surface area (Å²) in [5, 5.41) is 0. The Kier molecular flexibility index (Phi) is 2.87. The molecular formula is C12H10F3NS. The van der Waals surface area contributed by atoms with Crippen LogP contribution in [0.25, 0.3) is 10.4 Å². The molecule has 5 heteroatoms. The van der Waals surface area contributed by atoms with E-state index >= 15 is 0 Å². The normalized spacial score (nSPS) is 11.8. The molecule has 0 aliphatic carbocycles. The predicted molar refractivity (Wildman–Crippen MR) is 63.9 cm³/mol. The molecule has 2 aromatic rings. The molecule has 0 fully saturated rings. The molecule has 0 bridgehead atoms. The zero-order valence-electron chi connectivity index (χ0n) is 9.01. The van der Waals surface area contributed by atoms with Gasteiger partial charge in [-0.3, -0.25) is 0 Å². The van der Waals surface area contributed by atoms with Crippen LogP contribution < -0.4 is 5.73 Å². The second-order valence-corrected chi connectivity index (χ2v) is 5.00. The maximum absolute atomic E-state index is 12.9. The minimum atomic E-state index is -4.39. The van der Waals surface area contributed by atoms with Gasteiger partial charge in [0.2, 0.25) is 0 Å². The predicted octanol–water partition coefficient (Wildman–Crippen LogP) is 4.32. The minimum Gasteiger partial charge on any atom is -0.399 e. The Bertz CT molecular complexity index is 543. The van der Waals surface area contributed by atoms with Gasteiger partial charge in [0, 0.05) is 21.0 Å². The van der Waals surface area contributed by atoms with Crippen molar-refractivity contribution in [3.63, 3.8) is 0 Å². The zero-order chi connectivity index (χ0) is 12.6. The van der Waals surface area contributed by atoms with Crippen LogP contribution in [0.4, 0.5) is 18.9 Å². The van der Waals surface area contributed by atoms with Crippen LogP contribution in [-0.4, -0.2) is 0 Å². The van der Waals surface area contributed by atoms with Crippen molar-refractivity contribution in [2.24, 2.45) is 0 Å². The number of anilines is 1. The molecule has 1 aromatic heterocycles. The van der Waals surface area contributed by atoms with E-state index in [-0.39, 0.29) is 11.3 Å². The summed E-state index contributed by atoms with van der Waals surface area (Å²) in [4.78, 5) is 1.58. The van der Waals surface area contributed by atoms with E-state index in [2.05, 4.69) is 0 Å². The van der Waals surface area contributed by atoms with Crippen LogP contribution in [0.15, 0.2) is 30.3 Å². The number of nitrogen functional groups attached to an aromatic ring is 1. The number of thiophene rings is 1. The van der Waals surface area contributed by atoms with E-state index < -0.39 is 11.7 Å². The quantitative estimate of drug-likeness (QED) is 0.756. The van der Waals surface area contributed by atoms with E-state index in [1.807, 2.05) is 6.92 Å². The van der Waals surface area contributed by atoms with Crippen LogP contribution in [0.3, 0.4) is 0 Å². The van der Waals surface area contributed by atoms with Crippen LogP contribution in [0.2, 0.25) is 0 Å². The fourth-order valence-corrected chi connectivity index (χ4v) is 2.50. The number of alkyl halides is 3. The molecule has 0 atom stereocenters. The van der Waals surface area contributed by atoms with Crippen molar-refractivity contribution in [3.05, 3.63) is 40.8 Å².